The molecule has 1 aliphatic rings. The molecule has 2 aromatic rings. The van der Waals surface area contributed by atoms with Gasteiger partial charge in [-0.05, 0) is 30.9 Å². The summed E-state index contributed by atoms with van der Waals surface area (Å²) in [6.45, 7) is 0. The second-order valence-electron chi connectivity index (χ2n) is 4.85. The van der Waals surface area contributed by atoms with Gasteiger partial charge >= 0.3 is 0 Å². The molecule has 0 amide bonds. The van der Waals surface area contributed by atoms with Crippen LogP contribution in [0.1, 0.15) is 32.1 Å². The number of imidazole rings is 1. The van der Waals surface area contributed by atoms with Crippen LogP contribution in [0.5, 0.6) is 0 Å². The summed E-state index contributed by atoms with van der Waals surface area (Å²) in [5, 5.41) is 1.14. The Bertz CT molecular complexity index is 486. The highest BCUT2D eigenvalue weighted by Gasteiger charge is 2.14. The van der Waals surface area contributed by atoms with Crippen LogP contribution in [0.4, 0.5) is 0 Å². The van der Waals surface area contributed by atoms with Gasteiger partial charge in [-0.15, -0.1) is 0 Å². The molecular formula is C14H18N2S. The van der Waals surface area contributed by atoms with Crippen molar-refractivity contribution in [2.45, 2.75) is 37.3 Å². The predicted octanol–water partition coefficient (Wildman–Crippen LogP) is 4.01. The Morgan fingerprint density at radius 2 is 2.12 bits per heavy atom. The lowest BCUT2D eigenvalue weighted by Gasteiger charge is -2.20. The summed E-state index contributed by atoms with van der Waals surface area (Å²) in [4.78, 5) is 4.51. The number of rotatable bonds is 3. The molecule has 0 unspecified atom stereocenters. The van der Waals surface area contributed by atoms with Gasteiger partial charge in [0.2, 0.25) is 0 Å². The van der Waals surface area contributed by atoms with E-state index in [9.17, 15) is 0 Å². The summed E-state index contributed by atoms with van der Waals surface area (Å²) in [5.74, 6) is 2.14. The summed E-state index contributed by atoms with van der Waals surface area (Å²) in [5.41, 5.74) is 1.19. The van der Waals surface area contributed by atoms with E-state index in [1.54, 1.807) is 0 Å². The number of pyridine rings is 1. The number of aromatic nitrogens is 2. The van der Waals surface area contributed by atoms with Crippen molar-refractivity contribution < 1.29 is 0 Å². The molecule has 0 spiro atoms. The average Bonchev–Trinajstić information content (AvgIpc) is 2.81. The Balaban J connectivity index is 1.68. The lowest BCUT2D eigenvalue weighted by Crippen LogP contribution is -2.08. The van der Waals surface area contributed by atoms with Gasteiger partial charge in [-0.1, -0.05) is 37.1 Å². The Hall–Kier alpha value is -0.960. The summed E-state index contributed by atoms with van der Waals surface area (Å²) < 4.78 is 2.19. The van der Waals surface area contributed by atoms with Crippen LogP contribution in [0.3, 0.4) is 0 Å². The SMILES string of the molecule is c1ccn2c(SCC3CCCCC3)ncc2c1. The van der Waals surface area contributed by atoms with E-state index >= 15 is 0 Å². The van der Waals surface area contributed by atoms with Crippen molar-refractivity contribution in [3.63, 3.8) is 0 Å². The summed E-state index contributed by atoms with van der Waals surface area (Å²) in [6, 6.07) is 6.24. The topological polar surface area (TPSA) is 17.3 Å². The van der Waals surface area contributed by atoms with E-state index < -0.39 is 0 Å². The lowest BCUT2D eigenvalue weighted by molar-refractivity contribution is 0.391. The van der Waals surface area contributed by atoms with Gasteiger partial charge in [-0.3, -0.25) is 4.40 Å². The molecule has 0 saturated heterocycles. The number of nitrogens with zero attached hydrogens (tertiary/aromatic N) is 2. The molecule has 0 bridgehead atoms. The summed E-state index contributed by atoms with van der Waals surface area (Å²) in [6.07, 6.45) is 11.2. The van der Waals surface area contributed by atoms with E-state index in [-0.39, 0.29) is 0 Å². The first-order valence-electron chi connectivity index (χ1n) is 6.48. The minimum Gasteiger partial charge on any atom is -0.295 e. The van der Waals surface area contributed by atoms with Crippen LogP contribution in [0.2, 0.25) is 0 Å². The van der Waals surface area contributed by atoms with Gasteiger partial charge < -0.3 is 0 Å². The third-order valence-electron chi connectivity index (χ3n) is 3.58. The molecule has 1 fully saturated rings. The van der Waals surface area contributed by atoms with Crippen LogP contribution in [0.15, 0.2) is 35.7 Å². The fraction of sp³-hybridized carbons (Fsp3) is 0.500. The smallest absolute Gasteiger partial charge is 0.172 e. The van der Waals surface area contributed by atoms with E-state index in [1.807, 2.05) is 18.0 Å². The molecule has 2 heterocycles. The first-order chi connectivity index (χ1) is 8.43. The number of fused-ring (bicyclic) bond motifs is 1. The van der Waals surface area contributed by atoms with Crippen molar-refractivity contribution >= 4 is 17.3 Å². The van der Waals surface area contributed by atoms with Crippen molar-refractivity contribution in [1.82, 2.24) is 9.38 Å². The summed E-state index contributed by atoms with van der Waals surface area (Å²) in [7, 11) is 0. The van der Waals surface area contributed by atoms with E-state index in [0.29, 0.717) is 0 Å². The van der Waals surface area contributed by atoms with Crippen molar-refractivity contribution in [3.8, 4) is 0 Å². The third-order valence-corrected chi connectivity index (χ3v) is 4.78. The van der Waals surface area contributed by atoms with E-state index in [1.165, 1.54) is 43.4 Å². The molecule has 1 saturated carbocycles. The highest BCUT2D eigenvalue weighted by molar-refractivity contribution is 7.99. The molecule has 17 heavy (non-hydrogen) atoms. The van der Waals surface area contributed by atoms with Crippen LogP contribution in [-0.2, 0) is 0 Å². The van der Waals surface area contributed by atoms with Gasteiger partial charge in [0.15, 0.2) is 5.16 Å². The van der Waals surface area contributed by atoms with Crippen molar-refractivity contribution in [3.05, 3.63) is 30.6 Å². The fourth-order valence-corrected chi connectivity index (χ4v) is 3.72. The Kier molecular flexibility index (Phi) is 3.36. The molecule has 2 nitrogen and oxygen atoms in total. The van der Waals surface area contributed by atoms with Crippen molar-refractivity contribution in [2.75, 3.05) is 5.75 Å². The summed E-state index contributed by atoms with van der Waals surface area (Å²) >= 11 is 1.91. The van der Waals surface area contributed by atoms with Crippen LogP contribution >= 0.6 is 11.8 Å². The van der Waals surface area contributed by atoms with Crippen LogP contribution in [-0.4, -0.2) is 15.1 Å². The second kappa shape index (κ2) is 5.13. The van der Waals surface area contributed by atoms with Crippen molar-refractivity contribution in [1.29, 1.82) is 0 Å². The van der Waals surface area contributed by atoms with E-state index in [4.69, 9.17) is 0 Å². The molecule has 0 aliphatic heterocycles. The maximum atomic E-state index is 4.51. The van der Waals surface area contributed by atoms with Gasteiger partial charge in [0, 0.05) is 11.9 Å². The molecular weight excluding hydrogens is 228 g/mol. The molecule has 0 aromatic carbocycles. The molecule has 3 rings (SSSR count). The number of hydrogen-bond acceptors (Lipinski definition) is 2. The predicted molar refractivity (Wildman–Crippen MR) is 72.5 cm³/mol. The lowest BCUT2D eigenvalue weighted by atomic mass is 9.91. The zero-order chi connectivity index (χ0) is 11.5. The quantitative estimate of drug-likeness (QED) is 0.761. The highest BCUT2D eigenvalue weighted by atomic mass is 32.2. The van der Waals surface area contributed by atoms with Crippen molar-refractivity contribution in [2.24, 2.45) is 5.92 Å². The molecule has 0 radical (unpaired) electrons. The number of thioether (sulfide) groups is 1. The van der Waals surface area contributed by atoms with Crippen LogP contribution in [0, 0.1) is 5.92 Å². The average molecular weight is 246 g/mol. The Morgan fingerprint density at radius 1 is 1.24 bits per heavy atom. The van der Waals surface area contributed by atoms with Gasteiger partial charge in [0.25, 0.3) is 0 Å². The maximum absolute atomic E-state index is 4.51. The molecule has 3 heteroatoms. The largest absolute Gasteiger partial charge is 0.295 e. The van der Waals surface area contributed by atoms with Crippen LogP contribution in [0.25, 0.3) is 5.52 Å². The maximum Gasteiger partial charge on any atom is 0.172 e. The Morgan fingerprint density at radius 3 is 3.00 bits per heavy atom. The highest BCUT2D eigenvalue weighted by Crippen LogP contribution is 2.29. The normalized spacial score (nSPS) is 17.6. The van der Waals surface area contributed by atoms with Gasteiger partial charge in [-0.25, -0.2) is 4.98 Å². The van der Waals surface area contributed by atoms with Gasteiger partial charge in [0.05, 0.1) is 11.7 Å². The first kappa shape index (κ1) is 11.1. The van der Waals surface area contributed by atoms with Gasteiger partial charge in [0.1, 0.15) is 0 Å². The first-order valence-corrected chi connectivity index (χ1v) is 7.47. The second-order valence-corrected chi connectivity index (χ2v) is 5.84. The zero-order valence-electron chi connectivity index (χ0n) is 10.0. The van der Waals surface area contributed by atoms with E-state index in [0.717, 1.165) is 11.1 Å². The fourth-order valence-electron chi connectivity index (χ4n) is 2.57. The number of hydrogen-bond donors (Lipinski definition) is 0. The zero-order valence-corrected chi connectivity index (χ0v) is 10.8. The molecule has 0 N–H and O–H groups in total. The third kappa shape index (κ3) is 2.49. The molecule has 0 atom stereocenters. The molecule has 1 aliphatic carbocycles. The molecule has 90 valence electrons. The van der Waals surface area contributed by atoms with E-state index in [2.05, 4.69) is 33.8 Å². The minimum atomic E-state index is 0.907. The Labute approximate surface area is 106 Å². The van der Waals surface area contributed by atoms with Gasteiger partial charge in [-0.2, -0.15) is 0 Å². The minimum absolute atomic E-state index is 0.907. The monoisotopic (exact) mass is 246 g/mol. The standard InChI is InChI=1S/C14H18N2S/c1-2-6-12(7-3-1)11-17-14-15-10-13-8-4-5-9-16(13)14/h4-5,8-10,12H,1-3,6-7,11H2. The molecule has 2 aromatic heterocycles. The van der Waals surface area contributed by atoms with Crippen LogP contribution < -0.4 is 0 Å².